The second-order valence-corrected chi connectivity index (χ2v) is 6.04. The van der Waals surface area contributed by atoms with Gasteiger partial charge in [0.25, 0.3) is 0 Å². The van der Waals surface area contributed by atoms with Crippen LogP contribution in [0.25, 0.3) is 0 Å². The maximum Gasteiger partial charge on any atom is 0.123 e. The van der Waals surface area contributed by atoms with Crippen LogP contribution in [-0.4, -0.2) is 52.7 Å². The average molecular weight is 331 g/mol. The zero-order valence-corrected chi connectivity index (χ0v) is 14.1. The Morgan fingerprint density at radius 3 is 3.04 bits per heavy atom. The third-order valence-corrected chi connectivity index (χ3v) is 4.48. The summed E-state index contributed by atoms with van der Waals surface area (Å²) in [6, 6.07) is 8.06. The van der Waals surface area contributed by atoms with Crippen molar-refractivity contribution in [2.75, 3.05) is 26.9 Å². The van der Waals surface area contributed by atoms with Gasteiger partial charge >= 0.3 is 0 Å². The zero-order valence-electron chi connectivity index (χ0n) is 14.1. The van der Waals surface area contributed by atoms with Gasteiger partial charge in [-0.05, 0) is 43.7 Å². The molecule has 1 aromatic carbocycles. The molecule has 1 saturated heterocycles. The van der Waals surface area contributed by atoms with Crippen LogP contribution >= 0.6 is 0 Å². The molecule has 1 fully saturated rings. The molecule has 0 radical (unpaired) electrons. The summed E-state index contributed by atoms with van der Waals surface area (Å²) in [5, 5.41) is 13.7. The third-order valence-electron chi connectivity index (χ3n) is 4.48. The van der Waals surface area contributed by atoms with Gasteiger partial charge in [-0.1, -0.05) is 0 Å². The zero-order chi connectivity index (χ0) is 16.8. The van der Waals surface area contributed by atoms with Crippen LogP contribution in [0.4, 0.5) is 0 Å². The average Bonchev–Trinajstić information content (AvgIpc) is 3.27. The number of hydrogen-bond donors (Lipinski definition) is 1. The number of nitrogens with zero attached hydrogens (tertiary/aromatic N) is 3. The molecule has 130 valence electrons. The molecule has 24 heavy (non-hydrogen) atoms. The molecule has 0 aliphatic carbocycles. The van der Waals surface area contributed by atoms with E-state index in [1.807, 2.05) is 35.1 Å². The third kappa shape index (κ3) is 4.07. The standard InChI is InChI=1S/C18H25N3O3/c1-23-18-6-5-17(24-11-10-21-9-3-7-19-21)12-15(18)13-20-8-2-4-16(20)14-22/h3,5-7,9,12,16,22H,2,4,8,10-11,13-14H2,1H3/t16-/m0/s1. The molecule has 0 bridgehead atoms. The molecular weight excluding hydrogens is 306 g/mol. The second-order valence-electron chi connectivity index (χ2n) is 6.04. The highest BCUT2D eigenvalue weighted by Crippen LogP contribution is 2.28. The van der Waals surface area contributed by atoms with E-state index in [4.69, 9.17) is 9.47 Å². The van der Waals surface area contributed by atoms with E-state index in [-0.39, 0.29) is 12.6 Å². The molecule has 1 atom stereocenters. The summed E-state index contributed by atoms with van der Waals surface area (Å²) in [5.74, 6) is 1.69. The van der Waals surface area contributed by atoms with E-state index < -0.39 is 0 Å². The first-order valence-corrected chi connectivity index (χ1v) is 8.42. The fraction of sp³-hybridized carbons (Fsp3) is 0.500. The number of rotatable bonds is 8. The Bertz CT molecular complexity index is 630. The predicted octanol–water partition coefficient (Wildman–Crippen LogP) is 1.93. The fourth-order valence-electron chi connectivity index (χ4n) is 3.19. The SMILES string of the molecule is COc1ccc(OCCn2cccn2)cc1CN1CCC[C@H]1CO. The van der Waals surface area contributed by atoms with Crippen molar-refractivity contribution in [2.45, 2.75) is 32.0 Å². The van der Waals surface area contributed by atoms with Crippen molar-refractivity contribution in [3.05, 3.63) is 42.2 Å². The highest BCUT2D eigenvalue weighted by Gasteiger charge is 2.24. The fourth-order valence-corrected chi connectivity index (χ4v) is 3.19. The molecule has 6 heteroatoms. The second kappa shape index (κ2) is 8.17. The summed E-state index contributed by atoms with van der Waals surface area (Å²) >= 11 is 0. The van der Waals surface area contributed by atoms with Gasteiger partial charge in [0, 0.05) is 30.5 Å². The summed E-state index contributed by atoms with van der Waals surface area (Å²) in [5.41, 5.74) is 1.09. The Morgan fingerprint density at radius 1 is 1.38 bits per heavy atom. The minimum absolute atomic E-state index is 0.211. The van der Waals surface area contributed by atoms with Gasteiger partial charge in [0.05, 0.1) is 20.3 Å². The van der Waals surface area contributed by atoms with Gasteiger partial charge in [-0.2, -0.15) is 5.10 Å². The van der Waals surface area contributed by atoms with Crippen molar-refractivity contribution in [1.82, 2.24) is 14.7 Å². The van der Waals surface area contributed by atoms with Crippen molar-refractivity contribution in [3.63, 3.8) is 0 Å². The van der Waals surface area contributed by atoms with E-state index in [0.717, 1.165) is 43.0 Å². The maximum absolute atomic E-state index is 9.50. The molecule has 0 amide bonds. The van der Waals surface area contributed by atoms with E-state index in [0.29, 0.717) is 13.2 Å². The van der Waals surface area contributed by atoms with E-state index >= 15 is 0 Å². The van der Waals surface area contributed by atoms with Crippen molar-refractivity contribution in [1.29, 1.82) is 0 Å². The van der Waals surface area contributed by atoms with Crippen LogP contribution in [-0.2, 0) is 13.1 Å². The Balaban J connectivity index is 1.63. The first kappa shape index (κ1) is 16.8. The largest absolute Gasteiger partial charge is 0.496 e. The summed E-state index contributed by atoms with van der Waals surface area (Å²) in [6.07, 6.45) is 5.87. The van der Waals surface area contributed by atoms with Crippen LogP contribution in [0.2, 0.25) is 0 Å². The van der Waals surface area contributed by atoms with E-state index in [2.05, 4.69) is 10.00 Å². The van der Waals surface area contributed by atoms with Crippen LogP contribution in [0.5, 0.6) is 11.5 Å². The van der Waals surface area contributed by atoms with Crippen LogP contribution in [0, 0.1) is 0 Å². The highest BCUT2D eigenvalue weighted by atomic mass is 16.5. The van der Waals surface area contributed by atoms with Gasteiger partial charge in [0.2, 0.25) is 0 Å². The van der Waals surface area contributed by atoms with Crippen LogP contribution in [0.1, 0.15) is 18.4 Å². The summed E-state index contributed by atoms with van der Waals surface area (Å²) < 4.78 is 13.2. The van der Waals surface area contributed by atoms with Gasteiger partial charge in [0.15, 0.2) is 0 Å². The van der Waals surface area contributed by atoms with Crippen molar-refractivity contribution >= 4 is 0 Å². The molecule has 6 nitrogen and oxygen atoms in total. The summed E-state index contributed by atoms with van der Waals surface area (Å²) in [6.45, 7) is 3.27. The van der Waals surface area contributed by atoms with Gasteiger partial charge in [0.1, 0.15) is 18.1 Å². The molecule has 0 spiro atoms. The lowest BCUT2D eigenvalue weighted by molar-refractivity contribution is 0.152. The maximum atomic E-state index is 9.50. The lowest BCUT2D eigenvalue weighted by Crippen LogP contribution is -2.31. The topological polar surface area (TPSA) is 59.8 Å². The molecule has 1 aliphatic heterocycles. The number of hydrogen-bond acceptors (Lipinski definition) is 5. The van der Waals surface area contributed by atoms with Crippen molar-refractivity contribution in [3.8, 4) is 11.5 Å². The molecule has 0 saturated carbocycles. The molecule has 3 rings (SSSR count). The normalized spacial score (nSPS) is 18.0. The number of aliphatic hydroxyl groups is 1. The number of ether oxygens (including phenoxy) is 2. The van der Waals surface area contributed by atoms with Gasteiger partial charge in [-0.3, -0.25) is 9.58 Å². The number of aromatic nitrogens is 2. The molecule has 0 unspecified atom stereocenters. The summed E-state index contributed by atoms with van der Waals surface area (Å²) in [4.78, 5) is 2.31. The number of benzene rings is 1. The first-order chi connectivity index (χ1) is 11.8. The van der Waals surface area contributed by atoms with Gasteiger partial charge in [-0.25, -0.2) is 0 Å². The van der Waals surface area contributed by atoms with Crippen molar-refractivity contribution in [2.24, 2.45) is 0 Å². The number of likely N-dealkylation sites (tertiary alicyclic amines) is 1. The first-order valence-electron chi connectivity index (χ1n) is 8.42. The van der Waals surface area contributed by atoms with Gasteiger partial charge < -0.3 is 14.6 Å². The predicted molar refractivity (Wildman–Crippen MR) is 91.2 cm³/mol. The molecule has 1 aliphatic rings. The van der Waals surface area contributed by atoms with E-state index in [9.17, 15) is 5.11 Å². The minimum Gasteiger partial charge on any atom is -0.496 e. The van der Waals surface area contributed by atoms with Crippen LogP contribution in [0.15, 0.2) is 36.7 Å². The van der Waals surface area contributed by atoms with Crippen LogP contribution < -0.4 is 9.47 Å². The molecule has 2 heterocycles. The Kier molecular flexibility index (Phi) is 5.72. The van der Waals surface area contributed by atoms with Crippen molar-refractivity contribution < 1.29 is 14.6 Å². The van der Waals surface area contributed by atoms with E-state index in [1.54, 1.807) is 13.3 Å². The lowest BCUT2D eigenvalue weighted by atomic mass is 10.1. The molecular formula is C18H25N3O3. The Labute approximate surface area is 142 Å². The number of aliphatic hydroxyl groups excluding tert-OH is 1. The quantitative estimate of drug-likeness (QED) is 0.801. The monoisotopic (exact) mass is 331 g/mol. The van der Waals surface area contributed by atoms with Gasteiger partial charge in [-0.15, -0.1) is 0 Å². The smallest absolute Gasteiger partial charge is 0.123 e. The Morgan fingerprint density at radius 2 is 2.29 bits per heavy atom. The molecule has 2 aromatic rings. The minimum atomic E-state index is 0.211. The lowest BCUT2D eigenvalue weighted by Gasteiger charge is -2.24. The summed E-state index contributed by atoms with van der Waals surface area (Å²) in [7, 11) is 1.69. The molecule has 1 aromatic heterocycles. The Hall–Kier alpha value is -2.05. The number of methoxy groups -OCH3 is 1. The van der Waals surface area contributed by atoms with Crippen LogP contribution in [0.3, 0.4) is 0 Å². The van der Waals surface area contributed by atoms with E-state index in [1.165, 1.54) is 0 Å². The molecule has 1 N–H and O–H groups in total. The highest BCUT2D eigenvalue weighted by molar-refractivity contribution is 5.40.